The van der Waals surface area contributed by atoms with E-state index in [-0.39, 0.29) is 12.1 Å². The van der Waals surface area contributed by atoms with Crippen LogP contribution in [-0.4, -0.2) is 22.4 Å². The quantitative estimate of drug-likeness (QED) is 0.768. The van der Waals surface area contributed by atoms with Crippen molar-refractivity contribution in [2.45, 2.75) is 38.5 Å². The van der Waals surface area contributed by atoms with Crippen LogP contribution in [0.25, 0.3) is 0 Å². The van der Waals surface area contributed by atoms with Gasteiger partial charge in [0.05, 0.1) is 12.3 Å². The van der Waals surface area contributed by atoms with Gasteiger partial charge in [0.15, 0.2) is 0 Å². The molecular weight excluding hydrogens is 178 g/mol. The molecule has 1 aromatic rings. The summed E-state index contributed by atoms with van der Waals surface area (Å²) in [5, 5.41) is 4.23. The molecule has 2 heterocycles. The first kappa shape index (κ1) is 9.68. The van der Waals surface area contributed by atoms with Crippen molar-refractivity contribution in [3.05, 3.63) is 18.0 Å². The van der Waals surface area contributed by atoms with Crippen LogP contribution in [0.1, 0.15) is 31.4 Å². The lowest BCUT2D eigenvalue weighted by Crippen LogP contribution is -2.30. The Bertz CT molecular complexity index is 297. The Balaban J connectivity index is 2.06. The summed E-state index contributed by atoms with van der Waals surface area (Å²) in [7, 11) is 0. The highest BCUT2D eigenvalue weighted by Gasteiger charge is 2.22. The molecule has 0 spiro atoms. The fourth-order valence-corrected chi connectivity index (χ4v) is 1.77. The number of nitrogens with zero attached hydrogens (tertiary/aromatic N) is 2. The van der Waals surface area contributed by atoms with Gasteiger partial charge in [-0.3, -0.25) is 4.68 Å². The van der Waals surface area contributed by atoms with E-state index in [1.165, 1.54) is 0 Å². The molecule has 1 aliphatic heterocycles. The third-order valence-electron chi connectivity index (χ3n) is 2.67. The summed E-state index contributed by atoms with van der Waals surface area (Å²) < 4.78 is 7.57. The Morgan fingerprint density at radius 1 is 1.71 bits per heavy atom. The van der Waals surface area contributed by atoms with E-state index in [0.717, 1.165) is 31.6 Å². The molecule has 4 nitrogen and oxygen atoms in total. The van der Waals surface area contributed by atoms with Crippen molar-refractivity contribution in [3.8, 4) is 0 Å². The fourth-order valence-electron chi connectivity index (χ4n) is 1.77. The zero-order valence-electron chi connectivity index (χ0n) is 8.52. The highest BCUT2D eigenvalue weighted by molar-refractivity contribution is 5.09. The SMILES string of the molecule is CCn1cc(C2CC(N)CCO2)cn1. The zero-order chi connectivity index (χ0) is 9.97. The first-order valence-electron chi connectivity index (χ1n) is 5.19. The van der Waals surface area contributed by atoms with Crippen molar-refractivity contribution in [2.24, 2.45) is 5.73 Å². The number of rotatable bonds is 2. The van der Waals surface area contributed by atoms with Gasteiger partial charge in [0.2, 0.25) is 0 Å². The minimum Gasteiger partial charge on any atom is -0.373 e. The third kappa shape index (κ3) is 1.96. The fraction of sp³-hybridized carbons (Fsp3) is 0.700. The molecular formula is C10H17N3O. The second-order valence-corrected chi connectivity index (χ2v) is 3.77. The molecule has 0 saturated carbocycles. The number of ether oxygens (including phenoxy) is 1. The number of hydrogen-bond acceptors (Lipinski definition) is 3. The Morgan fingerprint density at radius 2 is 2.57 bits per heavy atom. The van der Waals surface area contributed by atoms with Crippen molar-refractivity contribution >= 4 is 0 Å². The van der Waals surface area contributed by atoms with Crippen LogP contribution in [0.4, 0.5) is 0 Å². The van der Waals surface area contributed by atoms with E-state index in [0.29, 0.717) is 0 Å². The van der Waals surface area contributed by atoms with Crippen molar-refractivity contribution in [1.82, 2.24) is 9.78 Å². The number of aryl methyl sites for hydroxylation is 1. The molecule has 0 aromatic carbocycles. The van der Waals surface area contributed by atoms with Gasteiger partial charge >= 0.3 is 0 Å². The van der Waals surface area contributed by atoms with E-state index in [9.17, 15) is 0 Å². The number of hydrogen-bond donors (Lipinski definition) is 1. The predicted molar refractivity (Wildman–Crippen MR) is 53.8 cm³/mol. The summed E-state index contributed by atoms with van der Waals surface area (Å²) in [5.74, 6) is 0. The van der Waals surface area contributed by atoms with E-state index >= 15 is 0 Å². The molecule has 2 unspecified atom stereocenters. The van der Waals surface area contributed by atoms with E-state index in [1.807, 2.05) is 17.1 Å². The predicted octanol–water partition coefficient (Wildman–Crippen LogP) is 1.08. The topological polar surface area (TPSA) is 53.1 Å². The van der Waals surface area contributed by atoms with Gasteiger partial charge in [-0.1, -0.05) is 0 Å². The van der Waals surface area contributed by atoms with Gasteiger partial charge in [-0.2, -0.15) is 5.10 Å². The average molecular weight is 195 g/mol. The highest BCUT2D eigenvalue weighted by atomic mass is 16.5. The lowest BCUT2D eigenvalue weighted by atomic mass is 10.0. The minimum atomic E-state index is 0.152. The molecule has 1 aliphatic rings. The maximum Gasteiger partial charge on any atom is 0.0870 e. The molecule has 0 amide bonds. The van der Waals surface area contributed by atoms with Crippen molar-refractivity contribution in [2.75, 3.05) is 6.61 Å². The zero-order valence-corrected chi connectivity index (χ0v) is 8.52. The lowest BCUT2D eigenvalue weighted by molar-refractivity contribution is 0.00663. The van der Waals surface area contributed by atoms with Gasteiger partial charge in [0.1, 0.15) is 0 Å². The summed E-state index contributed by atoms with van der Waals surface area (Å²) in [5.41, 5.74) is 7.05. The van der Waals surface area contributed by atoms with E-state index in [1.54, 1.807) is 0 Å². The van der Waals surface area contributed by atoms with Crippen molar-refractivity contribution in [1.29, 1.82) is 0 Å². The van der Waals surface area contributed by atoms with Gasteiger partial charge in [-0.05, 0) is 19.8 Å². The molecule has 2 N–H and O–H groups in total. The van der Waals surface area contributed by atoms with Gasteiger partial charge in [-0.15, -0.1) is 0 Å². The Labute approximate surface area is 84.0 Å². The lowest BCUT2D eigenvalue weighted by Gasteiger charge is -2.26. The summed E-state index contributed by atoms with van der Waals surface area (Å²) in [4.78, 5) is 0. The van der Waals surface area contributed by atoms with E-state index in [4.69, 9.17) is 10.5 Å². The second kappa shape index (κ2) is 4.11. The van der Waals surface area contributed by atoms with Crippen LogP contribution in [0.5, 0.6) is 0 Å². The van der Waals surface area contributed by atoms with Crippen LogP contribution in [0, 0.1) is 0 Å². The number of aromatic nitrogens is 2. The molecule has 0 bridgehead atoms. The summed E-state index contributed by atoms with van der Waals surface area (Å²) in [6.07, 6.45) is 5.96. The Morgan fingerprint density at radius 3 is 3.21 bits per heavy atom. The molecule has 0 radical (unpaired) electrons. The standard InChI is InChI=1S/C10H17N3O/c1-2-13-7-8(6-12-13)10-5-9(11)3-4-14-10/h6-7,9-10H,2-5,11H2,1H3. The van der Waals surface area contributed by atoms with Gasteiger partial charge in [-0.25, -0.2) is 0 Å². The molecule has 1 aromatic heterocycles. The molecule has 14 heavy (non-hydrogen) atoms. The Hall–Kier alpha value is -0.870. The first-order valence-corrected chi connectivity index (χ1v) is 5.19. The van der Waals surface area contributed by atoms with E-state index < -0.39 is 0 Å². The van der Waals surface area contributed by atoms with Crippen LogP contribution in [0.15, 0.2) is 12.4 Å². The van der Waals surface area contributed by atoms with Crippen molar-refractivity contribution < 1.29 is 4.74 Å². The summed E-state index contributed by atoms with van der Waals surface area (Å²) in [6, 6.07) is 0.277. The van der Waals surface area contributed by atoms with Crippen LogP contribution >= 0.6 is 0 Å². The van der Waals surface area contributed by atoms with Gasteiger partial charge in [0, 0.05) is 31.0 Å². The van der Waals surface area contributed by atoms with Crippen LogP contribution in [0.2, 0.25) is 0 Å². The van der Waals surface area contributed by atoms with E-state index in [2.05, 4.69) is 12.0 Å². The van der Waals surface area contributed by atoms with Crippen LogP contribution in [0.3, 0.4) is 0 Å². The average Bonchev–Trinajstić information content (AvgIpc) is 2.66. The molecule has 2 rings (SSSR count). The smallest absolute Gasteiger partial charge is 0.0870 e. The molecule has 4 heteroatoms. The molecule has 0 aliphatic carbocycles. The van der Waals surface area contributed by atoms with Crippen LogP contribution < -0.4 is 5.73 Å². The largest absolute Gasteiger partial charge is 0.373 e. The maximum atomic E-state index is 5.89. The molecule has 1 fully saturated rings. The van der Waals surface area contributed by atoms with Crippen molar-refractivity contribution in [3.63, 3.8) is 0 Å². The Kier molecular flexibility index (Phi) is 2.84. The summed E-state index contributed by atoms with van der Waals surface area (Å²) >= 11 is 0. The van der Waals surface area contributed by atoms with Gasteiger partial charge in [0.25, 0.3) is 0 Å². The minimum absolute atomic E-state index is 0.152. The van der Waals surface area contributed by atoms with Crippen LogP contribution in [-0.2, 0) is 11.3 Å². The normalized spacial score (nSPS) is 27.9. The second-order valence-electron chi connectivity index (χ2n) is 3.77. The monoisotopic (exact) mass is 195 g/mol. The third-order valence-corrected chi connectivity index (χ3v) is 2.67. The van der Waals surface area contributed by atoms with Gasteiger partial charge < -0.3 is 10.5 Å². The maximum absolute atomic E-state index is 5.89. The highest BCUT2D eigenvalue weighted by Crippen LogP contribution is 2.26. The first-order chi connectivity index (χ1) is 6.79. The molecule has 78 valence electrons. The molecule has 1 saturated heterocycles. The number of nitrogens with two attached hydrogens (primary N) is 1. The molecule has 2 atom stereocenters. The summed E-state index contributed by atoms with van der Waals surface area (Å²) in [6.45, 7) is 3.74.